The van der Waals surface area contributed by atoms with Gasteiger partial charge in [-0.2, -0.15) is 0 Å². The molecule has 0 amide bonds. The average Bonchev–Trinajstić information content (AvgIpc) is 3.39. The zero-order valence-corrected chi connectivity index (χ0v) is 27.9. The van der Waals surface area contributed by atoms with Gasteiger partial charge in [0.25, 0.3) is 0 Å². The van der Waals surface area contributed by atoms with Gasteiger partial charge in [-0.1, -0.05) is 111 Å². The molecule has 1 aliphatic heterocycles. The fourth-order valence-corrected chi connectivity index (χ4v) is 6.01. The van der Waals surface area contributed by atoms with Crippen LogP contribution in [0.1, 0.15) is 71.9 Å². The highest BCUT2D eigenvalue weighted by Gasteiger charge is 2.51. The first-order chi connectivity index (χ1) is 21.4. The highest BCUT2D eigenvalue weighted by atomic mass is 16.7. The van der Waals surface area contributed by atoms with Crippen LogP contribution < -0.4 is 10.4 Å². The monoisotopic (exact) mass is 595 g/mol. The molecule has 0 saturated carbocycles. The van der Waals surface area contributed by atoms with Gasteiger partial charge in [0, 0.05) is 23.0 Å². The molecule has 230 valence electrons. The Kier molecular flexibility index (Phi) is 9.39. The van der Waals surface area contributed by atoms with Crippen molar-refractivity contribution >= 4 is 23.8 Å². The number of hydrogen-bond acceptors (Lipinski definition) is 3. The first kappa shape index (κ1) is 32.3. The topological polar surface area (TPSA) is 21.7 Å². The van der Waals surface area contributed by atoms with E-state index in [1.807, 2.05) is 25.2 Å². The maximum atomic E-state index is 6.35. The van der Waals surface area contributed by atoms with Crippen LogP contribution in [0.5, 0.6) is 0 Å². The molecule has 3 aromatic rings. The Labute approximate surface area is 271 Å². The number of hydrogen-bond donors (Lipinski definition) is 0. The Morgan fingerprint density at radius 1 is 0.911 bits per heavy atom. The van der Waals surface area contributed by atoms with Crippen LogP contribution in [-0.2, 0) is 9.31 Å². The highest BCUT2D eigenvalue weighted by Crippen LogP contribution is 2.44. The molecule has 1 fully saturated rings. The van der Waals surface area contributed by atoms with Crippen molar-refractivity contribution in [2.75, 3.05) is 4.90 Å². The molecule has 0 radical (unpaired) electrons. The molecule has 1 heterocycles. The number of allylic oxidation sites excluding steroid dienone is 9. The summed E-state index contributed by atoms with van der Waals surface area (Å²) < 4.78 is 12.7. The van der Waals surface area contributed by atoms with E-state index in [2.05, 4.69) is 151 Å². The highest BCUT2D eigenvalue weighted by molar-refractivity contribution is 6.62. The van der Waals surface area contributed by atoms with E-state index in [1.54, 1.807) is 0 Å². The van der Waals surface area contributed by atoms with E-state index in [4.69, 9.17) is 9.31 Å². The largest absolute Gasteiger partial charge is 0.494 e. The first-order valence-electron chi connectivity index (χ1n) is 15.9. The molecule has 1 saturated heterocycles. The lowest BCUT2D eigenvalue weighted by atomic mass is 9.78. The van der Waals surface area contributed by atoms with Gasteiger partial charge in [0.2, 0.25) is 0 Å². The summed E-state index contributed by atoms with van der Waals surface area (Å²) in [4.78, 5) is 2.22. The molecule has 0 bridgehead atoms. The minimum absolute atomic E-state index is 0.344. The van der Waals surface area contributed by atoms with Gasteiger partial charge in [-0.3, -0.25) is 0 Å². The summed E-state index contributed by atoms with van der Waals surface area (Å²) in [5, 5.41) is 0. The zero-order chi connectivity index (χ0) is 32.4. The van der Waals surface area contributed by atoms with Crippen LogP contribution in [0.2, 0.25) is 0 Å². The third-order valence-electron chi connectivity index (χ3n) is 9.40. The molecular weight excluding hydrogens is 549 g/mol. The first-order valence-corrected chi connectivity index (χ1v) is 15.9. The molecule has 3 nitrogen and oxygen atoms in total. The maximum absolute atomic E-state index is 6.35. The van der Waals surface area contributed by atoms with Gasteiger partial charge < -0.3 is 14.2 Å². The van der Waals surface area contributed by atoms with Crippen LogP contribution >= 0.6 is 0 Å². The third kappa shape index (κ3) is 6.64. The number of nitrogens with zero attached hydrogens (tertiary/aromatic N) is 1. The second kappa shape index (κ2) is 13.1. The fourth-order valence-electron chi connectivity index (χ4n) is 6.01. The van der Waals surface area contributed by atoms with Gasteiger partial charge in [0.05, 0.1) is 11.2 Å². The fraction of sp³-hybridized carbons (Fsp3) is 0.268. The normalized spacial score (nSPS) is 20.0. The summed E-state index contributed by atoms with van der Waals surface area (Å²) >= 11 is 0. The number of anilines is 1. The predicted molar refractivity (Wildman–Crippen MR) is 194 cm³/mol. The average molecular weight is 596 g/mol. The number of fused-ring (bicyclic) bond motifs is 1. The lowest BCUT2D eigenvalue weighted by molar-refractivity contribution is 0.00578. The van der Waals surface area contributed by atoms with Crippen molar-refractivity contribution in [3.05, 3.63) is 151 Å². The van der Waals surface area contributed by atoms with Gasteiger partial charge >= 0.3 is 7.12 Å². The van der Waals surface area contributed by atoms with E-state index in [0.717, 1.165) is 40.1 Å². The summed E-state index contributed by atoms with van der Waals surface area (Å²) in [6.45, 7) is 23.6. The molecule has 1 unspecified atom stereocenters. The van der Waals surface area contributed by atoms with Crippen molar-refractivity contribution in [2.24, 2.45) is 0 Å². The number of benzene rings is 3. The van der Waals surface area contributed by atoms with Crippen LogP contribution in [0.4, 0.5) is 5.69 Å². The van der Waals surface area contributed by atoms with Crippen molar-refractivity contribution in [3.8, 4) is 11.1 Å². The third-order valence-corrected chi connectivity index (χ3v) is 9.40. The lowest BCUT2D eigenvalue weighted by Gasteiger charge is -2.32. The smallest absolute Gasteiger partial charge is 0.399 e. The standard InChI is InChI=1S/C41H46BNO2/c1-10-11-12-18-29(2)43(30(3)19-15-26-38-32(5)31(4)37-24-13-14-25-39(37)38)36-23-17-21-34(28-36)33-20-16-22-35(27-33)42-44-40(6,7)41(8,9)45-42/h10-14,16-28,31H,2,5,15H2,1,3-4,6-9H3/b11-10-,18-12-,30-19+,38-26+. The summed E-state index contributed by atoms with van der Waals surface area (Å²) in [6.07, 6.45) is 13.5. The second-order valence-electron chi connectivity index (χ2n) is 13.0. The molecule has 2 aliphatic rings. The molecular formula is C41H46BNO2. The summed E-state index contributed by atoms with van der Waals surface area (Å²) in [5.74, 6) is 0.344. The van der Waals surface area contributed by atoms with E-state index in [1.165, 1.54) is 22.3 Å². The van der Waals surface area contributed by atoms with Crippen molar-refractivity contribution in [2.45, 2.75) is 72.0 Å². The van der Waals surface area contributed by atoms with Crippen LogP contribution in [0.3, 0.4) is 0 Å². The molecule has 0 N–H and O–H groups in total. The minimum atomic E-state index is -0.406. The Bertz CT molecular complexity index is 1700. The van der Waals surface area contributed by atoms with E-state index in [9.17, 15) is 0 Å². The molecule has 4 heteroatoms. The lowest BCUT2D eigenvalue weighted by Crippen LogP contribution is -2.41. The van der Waals surface area contributed by atoms with Gasteiger partial charge in [-0.15, -0.1) is 0 Å². The van der Waals surface area contributed by atoms with Crippen LogP contribution in [-0.4, -0.2) is 18.3 Å². The van der Waals surface area contributed by atoms with Crippen molar-refractivity contribution in [3.63, 3.8) is 0 Å². The zero-order valence-electron chi connectivity index (χ0n) is 27.9. The molecule has 0 spiro atoms. The van der Waals surface area contributed by atoms with Gasteiger partial charge in [0.15, 0.2) is 0 Å². The Morgan fingerprint density at radius 2 is 1.58 bits per heavy atom. The molecule has 3 aromatic carbocycles. The van der Waals surface area contributed by atoms with Crippen molar-refractivity contribution < 1.29 is 9.31 Å². The SMILES string of the molecule is C=C1/C(=C\C/C=C(\C)N(C(=C)/C=C\C=C/C)c2cccc(-c3cccc(B4OC(C)(C)C(C)(C)O4)c3)c2)c2ccccc2C1C. The van der Waals surface area contributed by atoms with Crippen LogP contribution in [0.15, 0.2) is 139 Å². The predicted octanol–water partition coefficient (Wildman–Crippen LogP) is 10.2. The van der Waals surface area contributed by atoms with E-state index >= 15 is 0 Å². The molecule has 45 heavy (non-hydrogen) atoms. The molecule has 5 rings (SSSR count). The summed E-state index contributed by atoms with van der Waals surface area (Å²) in [7, 11) is -0.406. The Morgan fingerprint density at radius 3 is 2.29 bits per heavy atom. The van der Waals surface area contributed by atoms with E-state index in [-0.39, 0.29) is 11.2 Å². The summed E-state index contributed by atoms with van der Waals surface area (Å²) in [5.41, 5.74) is 10.6. The Hall–Kier alpha value is -4.12. The van der Waals surface area contributed by atoms with Crippen LogP contribution in [0, 0.1) is 0 Å². The van der Waals surface area contributed by atoms with E-state index < -0.39 is 7.12 Å². The molecule has 1 aliphatic carbocycles. The van der Waals surface area contributed by atoms with E-state index in [0.29, 0.717) is 5.92 Å². The van der Waals surface area contributed by atoms with Gasteiger partial charge in [0.1, 0.15) is 0 Å². The minimum Gasteiger partial charge on any atom is -0.399 e. The summed E-state index contributed by atoms with van der Waals surface area (Å²) in [6, 6.07) is 25.7. The molecule has 0 aromatic heterocycles. The van der Waals surface area contributed by atoms with Gasteiger partial charge in [-0.05, 0) is 105 Å². The van der Waals surface area contributed by atoms with Gasteiger partial charge in [-0.25, -0.2) is 0 Å². The van der Waals surface area contributed by atoms with Crippen LogP contribution in [0.25, 0.3) is 16.7 Å². The molecule has 1 atom stereocenters. The quantitative estimate of drug-likeness (QED) is 0.182. The second-order valence-corrected chi connectivity index (χ2v) is 13.0. The number of rotatable bonds is 9. The Balaban J connectivity index is 1.45. The maximum Gasteiger partial charge on any atom is 0.494 e. The van der Waals surface area contributed by atoms with Crippen molar-refractivity contribution in [1.82, 2.24) is 0 Å². The van der Waals surface area contributed by atoms with Crippen molar-refractivity contribution in [1.29, 1.82) is 0 Å².